The lowest BCUT2D eigenvalue weighted by Gasteiger charge is -2.39. The number of phosphoric ester groups is 1. The summed E-state index contributed by atoms with van der Waals surface area (Å²) < 4.78 is 25.9. The van der Waals surface area contributed by atoms with Gasteiger partial charge in [0, 0.05) is 23.0 Å². The number of hydrogen-bond acceptors (Lipinski definition) is 3. The molecule has 37 heavy (non-hydrogen) atoms. The van der Waals surface area contributed by atoms with Gasteiger partial charge in [-0.2, -0.15) is 0 Å². The van der Waals surface area contributed by atoms with E-state index in [2.05, 4.69) is 42.5 Å². The van der Waals surface area contributed by atoms with E-state index in [0.717, 1.165) is 54.4 Å². The van der Waals surface area contributed by atoms with Crippen LogP contribution in [0.4, 0.5) is 0 Å². The van der Waals surface area contributed by atoms with E-state index in [9.17, 15) is 9.46 Å². The molecule has 1 N–H and O–H groups in total. The standard InChI is InChI=1S/C32H29O4P/c33-37(34)35-31-27(21-11-3-1-4-12-21)19-23-15-7-9-17-25(23)29(31)30-26-18-10-8-16-24(26)20-28(32(30)36-37)22-13-5-2-6-14-22/h1-7,9,11-15,17,20,27,29,31H,8,10,16,18-19H2,(H,33,34)/t27?,29-,31-/m1/s1. The Morgan fingerprint density at radius 1 is 0.811 bits per heavy atom. The van der Waals surface area contributed by atoms with Crippen LogP contribution in [0.1, 0.15) is 58.1 Å². The summed E-state index contributed by atoms with van der Waals surface area (Å²) in [5.41, 5.74) is 9.03. The second-order valence-electron chi connectivity index (χ2n) is 10.4. The van der Waals surface area contributed by atoms with Gasteiger partial charge >= 0.3 is 7.82 Å². The molecule has 0 amide bonds. The third-order valence-electron chi connectivity index (χ3n) is 8.28. The molecule has 186 valence electrons. The van der Waals surface area contributed by atoms with Gasteiger partial charge in [-0.25, -0.2) is 4.57 Å². The van der Waals surface area contributed by atoms with Gasteiger partial charge in [0.2, 0.25) is 0 Å². The number of hydrogen-bond donors (Lipinski definition) is 1. The Hall–Kier alpha value is -3.17. The predicted molar refractivity (Wildman–Crippen MR) is 145 cm³/mol. The van der Waals surface area contributed by atoms with Crippen LogP contribution < -0.4 is 4.52 Å². The molecule has 4 aromatic carbocycles. The fourth-order valence-corrected chi connectivity index (χ4v) is 7.76. The Morgan fingerprint density at radius 3 is 2.32 bits per heavy atom. The molecule has 0 bridgehead atoms. The molecule has 1 heterocycles. The van der Waals surface area contributed by atoms with Gasteiger partial charge in [0.05, 0.1) is 6.10 Å². The first-order valence-electron chi connectivity index (χ1n) is 13.2. The fourth-order valence-electron chi connectivity index (χ4n) is 6.72. The topological polar surface area (TPSA) is 55.8 Å². The molecule has 1 aliphatic heterocycles. The predicted octanol–water partition coefficient (Wildman–Crippen LogP) is 7.58. The molecule has 4 nitrogen and oxygen atoms in total. The fraction of sp³-hybridized carbons (Fsp3) is 0.250. The smallest absolute Gasteiger partial charge is 0.403 e. The Balaban J connectivity index is 1.55. The number of benzene rings is 4. The van der Waals surface area contributed by atoms with Gasteiger partial charge in [0.1, 0.15) is 5.75 Å². The lowest BCUT2D eigenvalue weighted by molar-refractivity contribution is 0.107. The minimum Gasteiger partial charge on any atom is -0.403 e. The van der Waals surface area contributed by atoms with Crippen LogP contribution in [0.15, 0.2) is 91.0 Å². The Kier molecular flexibility index (Phi) is 5.58. The molecule has 7 rings (SSSR count). The zero-order chi connectivity index (χ0) is 25.0. The average molecular weight is 509 g/mol. The van der Waals surface area contributed by atoms with Crippen molar-refractivity contribution in [2.45, 2.75) is 50.0 Å². The van der Waals surface area contributed by atoms with Gasteiger partial charge in [0.15, 0.2) is 0 Å². The second-order valence-corrected chi connectivity index (χ2v) is 11.7. The molecular weight excluding hydrogens is 479 g/mol. The molecule has 4 aromatic rings. The monoisotopic (exact) mass is 508 g/mol. The maximum atomic E-state index is 13.6. The first-order valence-corrected chi connectivity index (χ1v) is 14.7. The van der Waals surface area contributed by atoms with E-state index >= 15 is 0 Å². The van der Waals surface area contributed by atoms with Crippen LogP contribution in [-0.4, -0.2) is 11.0 Å². The molecule has 4 atom stereocenters. The zero-order valence-corrected chi connectivity index (χ0v) is 21.4. The van der Waals surface area contributed by atoms with Crippen molar-refractivity contribution >= 4 is 7.82 Å². The van der Waals surface area contributed by atoms with Gasteiger partial charge in [-0.15, -0.1) is 0 Å². The van der Waals surface area contributed by atoms with Crippen molar-refractivity contribution in [1.29, 1.82) is 0 Å². The normalized spacial score (nSPS) is 26.0. The quantitative estimate of drug-likeness (QED) is 0.284. The van der Waals surface area contributed by atoms with Crippen molar-refractivity contribution in [3.8, 4) is 16.9 Å². The van der Waals surface area contributed by atoms with Crippen molar-refractivity contribution in [1.82, 2.24) is 0 Å². The molecular formula is C32H29O4P. The summed E-state index contributed by atoms with van der Waals surface area (Å²) in [5.74, 6) is 0.230. The summed E-state index contributed by atoms with van der Waals surface area (Å²) in [6.07, 6.45) is 4.41. The van der Waals surface area contributed by atoms with Crippen molar-refractivity contribution < 1.29 is 18.5 Å². The van der Waals surface area contributed by atoms with E-state index < -0.39 is 13.9 Å². The highest BCUT2D eigenvalue weighted by Crippen LogP contribution is 2.61. The van der Waals surface area contributed by atoms with Crippen LogP contribution in [-0.2, 0) is 28.4 Å². The van der Waals surface area contributed by atoms with Crippen LogP contribution in [0.3, 0.4) is 0 Å². The highest BCUT2D eigenvalue weighted by molar-refractivity contribution is 7.47. The third-order valence-corrected chi connectivity index (χ3v) is 9.21. The van der Waals surface area contributed by atoms with E-state index in [-0.39, 0.29) is 11.8 Å². The minimum absolute atomic E-state index is 0.0734. The number of aryl methyl sites for hydroxylation is 1. The maximum Gasteiger partial charge on any atom is 0.527 e. The van der Waals surface area contributed by atoms with Gasteiger partial charge < -0.3 is 4.52 Å². The molecule has 3 aliphatic rings. The molecule has 0 spiro atoms. The third kappa shape index (κ3) is 3.95. The maximum absolute atomic E-state index is 13.6. The highest BCUT2D eigenvalue weighted by Gasteiger charge is 2.49. The number of fused-ring (bicyclic) bond motifs is 7. The molecule has 5 heteroatoms. The lowest BCUT2D eigenvalue weighted by atomic mass is 9.67. The van der Waals surface area contributed by atoms with E-state index in [1.54, 1.807) is 0 Å². The Bertz CT molecular complexity index is 1520. The summed E-state index contributed by atoms with van der Waals surface area (Å²) in [7, 11) is -4.40. The Morgan fingerprint density at radius 2 is 1.51 bits per heavy atom. The van der Waals surface area contributed by atoms with E-state index in [1.807, 2.05) is 48.5 Å². The summed E-state index contributed by atoms with van der Waals surface area (Å²) in [5, 5.41) is 0. The molecule has 0 radical (unpaired) electrons. The van der Waals surface area contributed by atoms with E-state index in [4.69, 9.17) is 9.05 Å². The molecule has 2 unspecified atom stereocenters. The summed E-state index contributed by atoms with van der Waals surface area (Å²) in [4.78, 5) is 11.1. The zero-order valence-electron chi connectivity index (χ0n) is 20.5. The molecule has 0 fully saturated rings. The SMILES string of the molecule is O=P1(O)Oc2c(-c3ccccc3)cc3c(c2[C@H]2c4ccccc4CC(c4ccccc4)[C@H]2O1)CCCC3. The first kappa shape index (κ1) is 23.0. The highest BCUT2D eigenvalue weighted by atomic mass is 31.2. The lowest BCUT2D eigenvalue weighted by Crippen LogP contribution is -2.35. The first-order chi connectivity index (χ1) is 18.1. The van der Waals surface area contributed by atoms with Crippen molar-refractivity contribution in [3.05, 3.63) is 124 Å². The Labute approximate surface area is 217 Å². The van der Waals surface area contributed by atoms with Crippen molar-refractivity contribution in [3.63, 3.8) is 0 Å². The van der Waals surface area contributed by atoms with Gasteiger partial charge in [-0.05, 0) is 71.6 Å². The van der Waals surface area contributed by atoms with E-state index in [0.29, 0.717) is 5.75 Å². The summed E-state index contributed by atoms with van der Waals surface area (Å²) in [6.45, 7) is 0. The average Bonchev–Trinajstić information content (AvgIpc) is 3.06. The van der Waals surface area contributed by atoms with Gasteiger partial charge in [0.25, 0.3) is 0 Å². The molecule has 2 aliphatic carbocycles. The molecule has 0 saturated carbocycles. The largest absolute Gasteiger partial charge is 0.527 e. The second kappa shape index (κ2) is 8.99. The van der Waals surface area contributed by atoms with E-state index in [1.165, 1.54) is 22.3 Å². The van der Waals surface area contributed by atoms with Crippen molar-refractivity contribution in [2.75, 3.05) is 0 Å². The molecule has 0 aromatic heterocycles. The molecule has 0 saturated heterocycles. The minimum atomic E-state index is -4.40. The van der Waals surface area contributed by atoms with Crippen LogP contribution in [0, 0.1) is 0 Å². The van der Waals surface area contributed by atoms with Crippen LogP contribution in [0.2, 0.25) is 0 Å². The van der Waals surface area contributed by atoms with Gasteiger partial charge in [-0.1, -0.05) is 84.9 Å². The number of rotatable bonds is 2. The van der Waals surface area contributed by atoms with Gasteiger partial charge in [-0.3, -0.25) is 9.42 Å². The van der Waals surface area contributed by atoms with Crippen LogP contribution >= 0.6 is 7.82 Å². The van der Waals surface area contributed by atoms with Crippen molar-refractivity contribution in [2.24, 2.45) is 0 Å². The van der Waals surface area contributed by atoms with Crippen LogP contribution in [0.25, 0.3) is 11.1 Å². The number of phosphoric acid groups is 1. The van der Waals surface area contributed by atoms with Crippen LogP contribution in [0.5, 0.6) is 5.75 Å². The summed E-state index contributed by atoms with van der Waals surface area (Å²) in [6, 6.07) is 31.0. The summed E-state index contributed by atoms with van der Waals surface area (Å²) >= 11 is 0.